The largest absolute Gasteiger partial charge is 0.416 e. The van der Waals surface area contributed by atoms with E-state index in [1.807, 2.05) is 0 Å². The standard InChI is InChI=1S/C28H34F3NO2/c1-15(2)24-22-23(21-19(32-24)13-26(4,5)14-20(21)33)27(12-6-7-16(27)3)34-25(22)17-8-10-18(11-9-17)28(29,30)31/h8-11,15-16,20,25,33H,6-7,12-14H2,1-5H3. The number of alkyl halides is 3. The molecule has 0 saturated heterocycles. The Bertz CT molecular complexity index is 1110. The second kappa shape index (κ2) is 7.79. The number of aliphatic hydroxyl groups excluding tert-OH is 1. The molecule has 0 amide bonds. The van der Waals surface area contributed by atoms with Crippen molar-refractivity contribution in [3.8, 4) is 0 Å². The molecule has 1 saturated carbocycles. The van der Waals surface area contributed by atoms with Crippen molar-refractivity contribution in [1.82, 2.24) is 4.98 Å². The lowest BCUT2D eigenvalue weighted by atomic mass is 9.69. The van der Waals surface area contributed by atoms with E-state index < -0.39 is 29.5 Å². The van der Waals surface area contributed by atoms with E-state index in [2.05, 4.69) is 34.6 Å². The van der Waals surface area contributed by atoms with Crippen molar-refractivity contribution in [2.45, 2.75) is 96.6 Å². The van der Waals surface area contributed by atoms with Crippen molar-refractivity contribution in [2.24, 2.45) is 11.3 Å². The van der Waals surface area contributed by atoms with Gasteiger partial charge in [-0.15, -0.1) is 0 Å². The Labute approximate surface area is 199 Å². The molecule has 1 fully saturated rings. The van der Waals surface area contributed by atoms with Crippen LogP contribution in [0, 0.1) is 11.3 Å². The molecule has 1 aromatic carbocycles. The van der Waals surface area contributed by atoms with Gasteiger partial charge in [-0.1, -0.05) is 46.8 Å². The third kappa shape index (κ3) is 3.60. The molecule has 2 aromatic rings. The Hall–Kier alpha value is -1.92. The molecule has 6 heteroatoms. The predicted molar refractivity (Wildman–Crippen MR) is 124 cm³/mol. The highest BCUT2D eigenvalue weighted by molar-refractivity contribution is 5.55. The third-order valence-electron chi connectivity index (χ3n) is 8.19. The van der Waals surface area contributed by atoms with Crippen LogP contribution in [0.15, 0.2) is 24.3 Å². The highest BCUT2D eigenvalue weighted by atomic mass is 19.4. The molecule has 2 heterocycles. The van der Waals surface area contributed by atoms with Crippen LogP contribution in [0.4, 0.5) is 13.2 Å². The molecule has 2 aliphatic carbocycles. The Balaban J connectivity index is 1.76. The molecular formula is C28H34F3NO2. The molecule has 4 unspecified atom stereocenters. The van der Waals surface area contributed by atoms with Crippen LogP contribution in [-0.2, 0) is 22.9 Å². The van der Waals surface area contributed by atoms with Gasteiger partial charge in [0.25, 0.3) is 0 Å². The van der Waals surface area contributed by atoms with Crippen molar-refractivity contribution in [3.05, 3.63) is 63.5 Å². The Morgan fingerprint density at radius 1 is 1.12 bits per heavy atom. The number of pyridine rings is 1. The summed E-state index contributed by atoms with van der Waals surface area (Å²) in [7, 11) is 0. The third-order valence-corrected chi connectivity index (χ3v) is 8.19. The van der Waals surface area contributed by atoms with Gasteiger partial charge in [0.2, 0.25) is 0 Å². The lowest BCUT2D eigenvalue weighted by Crippen LogP contribution is -2.34. The number of aromatic nitrogens is 1. The number of hydrogen-bond acceptors (Lipinski definition) is 3. The van der Waals surface area contributed by atoms with Gasteiger partial charge in [-0.3, -0.25) is 4.98 Å². The topological polar surface area (TPSA) is 42.4 Å². The number of benzene rings is 1. The van der Waals surface area contributed by atoms with Gasteiger partial charge in [0.1, 0.15) is 6.10 Å². The second-order valence-corrected chi connectivity index (χ2v) is 11.7. The Kier molecular flexibility index (Phi) is 5.45. The minimum atomic E-state index is -4.38. The fourth-order valence-corrected chi connectivity index (χ4v) is 6.60. The maximum absolute atomic E-state index is 13.2. The van der Waals surface area contributed by atoms with Crippen LogP contribution in [0.5, 0.6) is 0 Å². The van der Waals surface area contributed by atoms with Gasteiger partial charge in [-0.05, 0) is 72.6 Å². The first-order valence-electron chi connectivity index (χ1n) is 12.4. The van der Waals surface area contributed by atoms with Crippen molar-refractivity contribution in [1.29, 1.82) is 0 Å². The van der Waals surface area contributed by atoms with E-state index in [-0.39, 0.29) is 17.3 Å². The Morgan fingerprint density at radius 3 is 2.35 bits per heavy atom. The van der Waals surface area contributed by atoms with Gasteiger partial charge < -0.3 is 9.84 Å². The van der Waals surface area contributed by atoms with E-state index in [9.17, 15) is 18.3 Å². The SMILES string of the molecule is CC(C)c1nc2c(c3c1C(c1ccc(C(F)(F)F)cc1)OC31CCCC1C)C(O)CC(C)(C)C2. The van der Waals surface area contributed by atoms with E-state index in [0.29, 0.717) is 12.0 Å². The molecular weight excluding hydrogens is 439 g/mol. The van der Waals surface area contributed by atoms with Crippen molar-refractivity contribution >= 4 is 0 Å². The molecule has 1 aromatic heterocycles. The number of hydrogen-bond donors (Lipinski definition) is 1. The van der Waals surface area contributed by atoms with E-state index >= 15 is 0 Å². The first-order chi connectivity index (χ1) is 15.8. The van der Waals surface area contributed by atoms with Gasteiger partial charge in [-0.25, -0.2) is 0 Å². The average molecular weight is 474 g/mol. The first kappa shape index (κ1) is 23.8. The fourth-order valence-electron chi connectivity index (χ4n) is 6.60. The van der Waals surface area contributed by atoms with Crippen LogP contribution in [0.25, 0.3) is 0 Å². The smallest absolute Gasteiger partial charge is 0.388 e. The highest BCUT2D eigenvalue weighted by Gasteiger charge is 2.55. The summed E-state index contributed by atoms with van der Waals surface area (Å²) in [4.78, 5) is 5.12. The molecule has 184 valence electrons. The molecule has 3 aliphatic rings. The van der Waals surface area contributed by atoms with Crippen molar-refractivity contribution in [3.63, 3.8) is 0 Å². The number of ether oxygens (including phenoxy) is 1. The van der Waals surface area contributed by atoms with Crippen molar-refractivity contribution in [2.75, 3.05) is 0 Å². The lowest BCUT2D eigenvalue weighted by molar-refractivity contribution is -0.137. The van der Waals surface area contributed by atoms with E-state index in [1.54, 1.807) is 12.1 Å². The molecule has 0 bridgehead atoms. The van der Waals surface area contributed by atoms with E-state index in [1.165, 1.54) is 0 Å². The summed E-state index contributed by atoms with van der Waals surface area (Å²) >= 11 is 0. The average Bonchev–Trinajstić information content (AvgIpc) is 3.27. The van der Waals surface area contributed by atoms with E-state index in [0.717, 1.165) is 65.9 Å². The van der Waals surface area contributed by atoms with E-state index in [4.69, 9.17) is 9.72 Å². The lowest BCUT2D eigenvalue weighted by Gasteiger charge is -2.39. The molecule has 1 spiro atoms. The number of rotatable bonds is 2. The minimum Gasteiger partial charge on any atom is -0.388 e. The summed E-state index contributed by atoms with van der Waals surface area (Å²) in [5.41, 5.74) is 4.33. The summed E-state index contributed by atoms with van der Waals surface area (Å²) in [6.45, 7) is 10.7. The normalized spacial score (nSPS) is 30.1. The molecule has 5 rings (SSSR count). The van der Waals surface area contributed by atoms with Gasteiger partial charge in [-0.2, -0.15) is 13.2 Å². The maximum Gasteiger partial charge on any atom is 0.416 e. The number of fused-ring (bicyclic) bond motifs is 4. The molecule has 4 atom stereocenters. The van der Waals surface area contributed by atoms with Crippen LogP contribution in [0.3, 0.4) is 0 Å². The first-order valence-corrected chi connectivity index (χ1v) is 12.4. The van der Waals surface area contributed by atoms with Crippen LogP contribution in [-0.4, -0.2) is 10.1 Å². The zero-order valence-corrected chi connectivity index (χ0v) is 20.6. The number of nitrogens with zero attached hydrogens (tertiary/aromatic N) is 1. The van der Waals surface area contributed by atoms with Crippen molar-refractivity contribution < 1.29 is 23.0 Å². The summed E-state index contributed by atoms with van der Waals surface area (Å²) in [5.74, 6) is 0.369. The highest BCUT2D eigenvalue weighted by Crippen LogP contribution is 2.61. The predicted octanol–water partition coefficient (Wildman–Crippen LogP) is 7.36. The Morgan fingerprint density at radius 2 is 1.79 bits per heavy atom. The monoisotopic (exact) mass is 473 g/mol. The number of halogens is 3. The molecule has 0 radical (unpaired) electrons. The zero-order valence-electron chi connectivity index (χ0n) is 20.6. The number of aliphatic hydroxyl groups is 1. The second-order valence-electron chi connectivity index (χ2n) is 11.7. The summed E-state index contributed by atoms with van der Waals surface area (Å²) in [6.07, 6.45) is -1.15. The van der Waals surface area contributed by atoms with Crippen LogP contribution in [0.2, 0.25) is 0 Å². The molecule has 3 nitrogen and oxygen atoms in total. The maximum atomic E-state index is 13.2. The van der Waals surface area contributed by atoms with Gasteiger partial charge in [0, 0.05) is 22.5 Å². The fraction of sp³-hybridized carbons (Fsp3) is 0.607. The van der Waals surface area contributed by atoms with Gasteiger partial charge >= 0.3 is 6.18 Å². The zero-order chi connectivity index (χ0) is 24.6. The van der Waals surface area contributed by atoms with Gasteiger partial charge in [0.15, 0.2) is 0 Å². The van der Waals surface area contributed by atoms with Gasteiger partial charge in [0.05, 0.1) is 17.3 Å². The summed E-state index contributed by atoms with van der Waals surface area (Å²) in [5, 5.41) is 11.4. The summed E-state index contributed by atoms with van der Waals surface area (Å²) < 4.78 is 46.6. The molecule has 1 N–H and O–H groups in total. The van der Waals surface area contributed by atoms with Crippen LogP contribution >= 0.6 is 0 Å². The van der Waals surface area contributed by atoms with Crippen LogP contribution in [0.1, 0.15) is 118 Å². The minimum absolute atomic E-state index is 0.0529. The molecule has 1 aliphatic heterocycles. The quantitative estimate of drug-likeness (QED) is 0.495. The van der Waals surface area contributed by atoms with Crippen LogP contribution < -0.4 is 0 Å². The molecule has 34 heavy (non-hydrogen) atoms. The summed E-state index contributed by atoms with van der Waals surface area (Å²) in [6, 6.07) is 5.36.